The molecule has 0 bridgehead atoms. The van der Waals surface area contributed by atoms with Gasteiger partial charge in [0, 0.05) is 83.0 Å². The van der Waals surface area contributed by atoms with Crippen molar-refractivity contribution < 1.29 is 8.83 Å². The average molecular weight is 928 g/mol. The first kappa shape index (κ1) is 41.3. The molecule has 6 heteroatoms. The normalized spacial score (nSPS) is 13.4. The Labute approximate surface area is 418 Å². The minimum Gasteiger partial charge on any atom is -0.456 e. The van der Waals surface area contributed by atoms with Gasteiger partial charge < -0.3 is 23.1 Å². The molecule has 13 aromatic rings. The van der Waals surface area contributed by atoms with Crippen molar-refractivity contribution in [3.8, 4) is 11.1 Å². The second kappa shape index (κ2) is 14.6. The molecule has 10 aromatic carbocycles. The predicted molar refractivity (Wildman–Crippen MR) is 304 cm³/mol. The second-order valence-electron chi connectivity index (χ2n) is 22.2. The molecular formula is C66H50BN3O2. The second-order valence-corrected chi connectivity index (χ2v) is 22.2. The van der Waals surface area contributed by atoms with Gasteiger partial charge in [-0.15, -0.1) is 0 Å². The van der Waals surface area contributed by atoms with Crippen molar-refractivity contribution in [2.75, 3.05) is 9.80 Å². The van der Waals surface area contributed by atoms with Crippen LogP contribution in [0, 0.1) is 0 Å². The highest BCUT2D eigenvalue weighted by atomic mass is 16.3. The number of nitrogens with zero attached hydrogens (tertiary/aromatic N) is 3. The zero-order chi connectivity index (χ0) is 48.4. The molecule has 0 fully saturated rings. The number of hydrogen-bond donors (Lipinski definition) is 0. The number of furan rings is 2. The topological polar surface area (TPSA) is 37.7 Å². The van der Waals surface area contributed by atoms with Crippen molar-refractivity contribution in [1.29, 1.82) is 0 Å². The Bertz CT molecular complexity index is 4370. The van der Waals surface area contributed by atoms with E-state index in [4.69, 9.17) is 8.83 Å². The molecule has 0 saturated carbocycles. The van der Waals surface area contributed by atoms with E-state index in [1.165, 1.54) is 65.8 Å². The maximum Gasteiger partial charge on any atom is 0.333 e. The minimum atomic E-state index is -0.187. The maximum atomic E-state index is 6.81. The number of hydrogen-bond acceptors (Lipinski definition) is 4. The minimum absolute atomic E-state index is 0.00669. The van der Waals surface area contributed by atoms with Crippen molar-refractivity contribution in [3.05, 3.63) is 205 Å². The van der Waals surface area contributed by atoms with Gasteiger partial charge >= 0.3 is 6.85 Å². The predicted octanol–water partition coefficient (Wildman–Crippen LogP) is 17.2. The molecule has 3 aromatic heterocycles. The summed E-state index contributed by atoms with van der Waals surface area (Å²) in [6, 6.07) is 72.3. The highest BCUT2D eigenvalue weighted by molar-refractivity contribution is 6.90. The summed E-state index contributed by atoms with van der Waals surface area (Å²) in [4.78, 5) is 5.00. The lowest BCUT2D eigenvalue weighted by molar-refractivity contribution is 0.590. The van der Waals surface area contributed by atoms with Crippen molar-refractivity contribution in [3.63, 3.8) is 0 Å². The van der Waals surface area contributed by atoms with Crippen LogP contribution in [0.1, 0.15) is 52.7 Å². The Kier molecular flexibility index (Phi) is 8.35. The molecule has 0 unspecified atom stereocenters. The van der Waals surface area contributed by atoms with Crippen LogP contribution in [0.2, 0.25) is 0 Å². The summed E-state index contributed by atoms with van der Waals surface area (Å²) in [7, 11) is 0. The van der Waals surface area contributed by atoms with E-state index in [1.807, 2.05) is 6.07 Å². The molecule has 0 amide bonds. The van der Waals surface area contributed by atoms with E-state index in [-0.39, 0.29) is 17.7 Å². The molecule has 72 heavy (non-hydrogen) atoms. The molecule has 0 atom stereocenters. The first-order valence-electron chi connectivity index (χ1n) is 25.3. The fourth-order valence-corrected chi connectivity index (χ4v) is 12.3. The molecular weight excluding hydrogens is 878 g/mol. The summed E-state index contributed by atoms with van der Waals surface area (Å²) in [6.45, 7) is 13.5. The lowest BCUT2D eigenvalue weighted by Crippen LogP contribution is -2.56. The summed E-state index contributed by atoms with van der Waals surface area (Å²) in [5.74, 6) is 0. The number of anilines is 6. The third-order valence-electron chi connectivity index (χ3n) is 15.8. The van der Waals surface area contributed by atoms with E-state index in [0.29, 0.717) is 0 Å². The molecule has 0 aliphatic carbocycles. The number of benzene rings is 10. The smallest absolute Gasteiger partial charge is 0.333 e. The van der Waals surface area contributed by atoms with Gasteiger partial charge in [-0.1, -0.05) is 145 Å². The van der Waals surface area contributed by atoms with Gasteiger partial charge in [-0.3, -0.25) is 0 Å². The van der Waals surface area contributed by atoms with Crippen molar-refractivity contribution in [2.45, 2.75) is 52.4 Å². The number of fused-ring (bicyclic) bond motifs is 14. The molecule has 2 aliphatic heterocycles. The Morgan fingerprint density at radius 2 is 1.00 bits per heavy atom. The number of aromatic nitrogens is 1. The van der Waals surface area contributed by atoms with Gasteiger partial charge in [-0.2, -0.15) is 0 Å². The summed E-state index contributed by atoms with van der Waals surface area (Å²) in [6.07, 6.45) is 0. The molecule has 5 heterocycles. The summed E-state index contributed by atoms with van der Waals surface area (Å²) in [5, 5.41) is 9.35. The van der Waals surface area contributed by atoms with Gasteiger partial charge in [0.15, 0.2) is 0 Å². The fraction of sp³-hybridized carbons (Fsp3) is 0.121. The Morgan fingerprint density at radius 3 is 1.67 bits per heavy atom. The van der Waals surface area contributed by atoms with Crippen LogP contribution in [0.15, 0.2) is 203 Å². The molecule has 0 spiro atoms. The van der Waals surface area contributed by atoms with Crippen LogP contribution < -0.4 is 20.7 Å². The molecule has 15 rings (SSSR count). The molecule has 0 N–H and O–H groups in total. The van der Waals surface area contributed by atoms with Crippen molar-refractivity contribution in [1.82, 2.24) is 4.48 Å². The van der Waals surface area contributed by atoms with Gasteiger partial charge in [0.1, 0.15) is 22.3 Å². The lowest BCUT2D eigenvalue weighted by atomic mass is 9.45. The Morgan fingerprint density at radius 1 is 0.417 bits per heavy atom. The van der Waals surface area contributed by atoms with Crippen LogP contribution in [-0.4, -0.2) is 11.3 Å². The SMILES string of the molecule is CC(C)(C)c1ccc(N(c2ccc(C(C)(C)C)cc2)c2cc3c4c(c2)N(c2ccc5oc6ccccc6c5c2)c2cc5c(cc2B4n2c4cc6ccccc6cc4c4cccc-3c42)oc2ccccc25)cc1. The molecule has 344 valence electrons. The third-order valence-corrected chi connectivity index (χ3v) is 15.8. The molecule has 5 nitrogen and oxygen atoms in total. The summed E-state index contributed by atoms with van der Waals surface area (Å²) >= 11 is 0. The quantitative estimate of drug-likeness (QED) is 0.165. The van der Waals surface area contributed by atoms with E-state index in [9.17, 15) is 0 Å². The molecule has 0 radical (unpaired) electrons. The molecule has 0 saturated heterocycles. The fourth-order valence-electron chi connectivity index (χ4n) is 12.3. The van der Waals surface area contributed by atoms with Gasteiger partial charge in [-0.25, -0.2) is 0 Å². The maximum absolute atomic E-state index is 6.81. The highest BCUT2D eigenvalue weighted by Crippen LogP contribution is 2.50. The van der Waals surface area contributed by atoms with Gasteiger partial charge in [0.25, 0.3) is 0 Å². The van der Waals surface area contributed by atoms with Crippen molar-refractivity contribution >= 4 is 128 Å². The van der Waals surface area contributed by atoms with Gasteiger partial charge in [-0.05, 0) is 140 Å². The van der Waals surface area contributed by atoms with E-state index in [1.54, 1.807) is 0 Å². The van der Waals surface area contributed by atoms with Gasteiger partial charge in [0.2, 0.25) is 0 Å². The Hall–Kier alpha value is -8.48. The van der Waals surface area contributed by atoms with Crippen LogP contribution in [0.3, 0.4) is 0 Å². The third kappa shape index (κ3) is 5.90. The van der Waals surface area contributed by atoms with Gasteiger partial charge in [0.05, 0.1) is 0 Å². The van der Waals surface area contributed by atoms with Crippen LogP contribution in [0.25, 0.3) is 87.6 Å². The summed E-state index contributed by atoms with van der Waals surface area (Å²) in [5.41, 5.74) is 20.1. The number of para-hydroxylation sites is 3. The Balaban J connectivity index is 1.09. The average Bonchev–Trinajstić information content (AvgIpc) is 4.05. The number of rotatable bonds is 4. The van der Waals surface area contributed by atoms with Crippen LogP contribution in [0.5, 0.6) is 0 Å². The zero-order valence-corrected chi connectivity index (χ0v) is 41.2. The first-order chi connectivity index (χ1) is 34.9. The van der Waals surface area contributed by atoms with Crippen LogP contribution in [0.4, 0.5) is 34.1 Å². The van der Waals surface area contributed by atoms with Crippen LogP contribution >= 0.6 is 0 Å². The van der Waals surface area contributed by atoms with E-state index in [2.05, 4.69) is 244 Å². The van der Waals surface area contributed by atoms with Crippen molar-refractivity contribution in [2.24, 2.45) is 0 Å². The lowest BCUT2D eigenvalue weighted by Gasteiger charge is -2.41. The van der Waals surface area contributed by atoms with Crippen LogP contribution in [-0.2, 0) is 10.8 Å². The zero-order valence-electron chi connectivity index (χ0n) is 41.2. The standard InChI is InChI=1S/C66H50BN3O2/c1-65(2,3)41-22-26-43(27-23-41)68(44-28-24-42(25-29-44)66(4,5)6)46-35-54-50-19-13-18-49-51-32-39-14-7-8-15-40(39)33-56(51)70(64(49)50)67-55-38-62-53(48-17-10-12-21-60(48)72-62)37-57(55)69(58(36-46)63(54)67)45-30-31-61-52(34-45)47-16-9-11-20-59(47)71-61/h7-38H,1-6H3. The van der Waals surface area contributed by atoms with E-state index < -0.39 is 0 Å². The summed E-state index contributed by atoms with van der Waals surface area (Å²) < 4.78 is 16.0. The van der Waals surface area contributed by atoms with E-state index in [0.717, 1.165) is 78.0 Å². The van der Waals surface area contributed by atoms with E-state index >= 15 is 0 Å². The largest absolute Gasteiger partial charge is 0.456 e. The molecule has 2 aliphatic rings. The monoisotopic (exact) mass is 927 g/mol. The first-order valence-corrected chi connectivity index (χ1v) is 25.3. The highest BCUT2D eigenvalue weighted by Gasteiger charge is 2.44.